The molecule has 6 nitrogen and oxygen atoms in total. The molecule has 0 radical (unpaired) electrons. The van der Waals surface area contributed by atoms with Crippen LogP contribution in [-0.4, -0.2) is 29.6 Å². The molecular weight excluding hydrogens is 472 g/mol. The first kappa shape index (κ1) is 26.0. The first-order chi connectivity index (χ1) is 17.6. The molecule has 1 aliphatic rings. The summed E-state index contributed by atoms with van der Waals surface area (Å²) in [4.78, 5) is 14.2. The summed E-state index contributed by atoms with van der Waals surface area (Å²) in [5.74, 6) is 3.11. The van der Waals surface area contributed by atoms with Crippen molar-refractivity contribution in [3.63, 3.8) is 0 Å². The number of hydrogen-bond acceptors (Lipinski definition) is 5. The van der Waals surface area contributed by atoms with Gasteiger partial charge in [-0.25, -0.2) is 14.6 Å². The van der Waals surface area contributed by atoms with E-state index in [0.29, 0.717) is 29.8 Å². The highest BCUT2D eigenvalue weighted by atomic mass is 19.1. The lowest BCUT2D eigenvalue weighted by Crippen LogP contribution is -2.53. The van der Waals surface area contributed by atoms with E-state index < -0.39 is 23.3 Å². The largest absolute Gasteiger partial charge is 0.292 e. The third kappa shape index (κ3) is 5.51. The number of rotatable bonds is 7. The number of halogens is 2. The minimum Gasteiger partial charge on any atom is -0.292 e. The second-order valence-electron chi connectivity index (χ2n) is 9.88. The maximum atomic E-state index is 15.6. The number of nitrogens with one attached hydrogen (secondary N) is 1. The highest BCUT2D eigenvalue weighted by Gasteiger charge is 2.45. The Labute approximate surface area is 214 Å². The van der Waals surface area contributed by atoms with Gasteiger partial charge in [0, 0.05) is 24.6 Å². The van der Waals surface area contributed by atoms with Crippen LogP contribution in [0.4, 0.5) is 8.78 Å². The Morgan fingerprint density at radius 2 is 1.68 bits per heavy atom. The normalized spacial score (nSPS) is 15.6. The molecule has 0 bridgehead atoms. The summed E-state index contributed by atoms with van der Waals surface area (Å²) in [5, 5.41) is 18.6. The molecule has 8 heteroatoms. The topological polar surface area (TPSA) is 106 Å². The number of nitriles is 2. The molecular formula is C29H27F2N5O. The van der Waals surface area contributed by atoms with Crippen LogP contribution in [0.5, 0.6) is 0 Å². The Bertz CT molecular complexity index is 1380. The fourth-order valence-electron chi connectivity index (χ4n) is 5.34. The molecule has 1 amide bonds. The molecule has 37 heavy (non-hydrogen) atoms. The summed E-state index contributed by atoms with van der Waals surface area (Å²) in [6, 6.07) is 22.5. The van der Waals surface area contributed by atoms with E-state index in [4.69, 9.17) is 5.84 Å². The van der Waals surface area contributed by atoms with Crippen LogP contribution >= 0.6 is 0 Å². The van der Waals surface area contributed by atoms with Gasteiger partial charge in [0.2, 0.25) is 0 Å². The maximum Gasteiger partial charge on any atom is 0.265 e. The lowest BCUT2D eigenvalue weighted by atomic mass is 9.72. The van der Waals surface area contributed by atoms with E-state index >= 15 is 4.39 Å². The Balaban J connectivity index is 1.67. The smallest absolute Gasteiger partial charge is 0.265 e. The highest BCUT2D eigenvalue weighted by Crippen LogP contribution is 2.45. The molecule has 1 heterocycles. The van der Waals surface area contributed by atoms with Gasteiger partial charge in [0.1, 0.15) is 11.5 Å². The Kier molecular flexibility index (Phi) is 7.35. The molecule has 0 unspecified atom stereocenters. The molecule has 0 saturated carbocycles. The summed E-state index contributed by atoms with van der Waals surface area (Å²) in [7, 11) is 0. The van der Waals surface area contributed by atoms with E-state index in [9.17, 15) is 19.7 Å². The molecule has 0 spiro atoms. The van der Waals surface area contributed by atoms with Crippen LogP contribution in [0.25, 0.3) is 0 Å². The molecule has 4 rings (SSSR count). The van der Waals surface area contributed by atoms with Crippen LogP contribution in [-0.2, 0) is 0 Å². The van der Waals surface area contributed by atoms with Crippen molar-refractivity contribution >= 4 is 5.91 Å². The minimum absolute atomic E-state index is 0.0340. The van der Waals surface area contributed by atoms with Crippen molar-refractivity contribution in [2.24, 2.45) is 11.8 Å². The van der Waals surface area contributed by atoms with Gasteiger partial charge in [-0.3, -0.25) is 15.1 Å². The van der Waals surface area contributed by atoms with Crippen molar-refractivity contribution in [2.45, 2.75) is 31.5 Å². The summed E-state index contributed by atoms with van der Waals surface area (Å²) in [6.45, 7) is 3.94. The Morgan fingerprint density at radius 1 is 1.00 bits per heavy atom. The van der Waals surface area contributed by atoms with E-state index in [2.05, 4.69) is 17.0 Å². The zero-order valence-electron chi connectivity index (χ0n) is 20.6. The van der Waals surface area contributed by atoms with Crippen LogP contribution in [0.15, 0.2) is 66.7 Å². The van der Waals surface area contributed by atoms with Crippen LogP contribution in [0.3, 0.4) is 0 Å². The standard InChI is InChI=1S/C29H27F2N5O/c1-29(2,31)26(22-11-23(28(37)35-34)13-25(30)12-22)24-16-36(17-24)27(20-8-6-18(14-32)7-9-20)21-5-3-4-19(10-21)15-33/h3-13,24,26-27H,16-17,34H2,1-2H3,(H,35,37)/t26-,27+/m1/s1. The molecule has 0 aliphatic carbocycles. The number of amides is 1. The van der Waals surface area contributed by atoms with E-state index in [1.807, 2.05) is 35.8 Å². The molecule has 1 aliphatic heterocycles. The van der Waals surface area contributed by atoms with Gasteiger partial charge in [0.15, 0.2) is 0 Å². The molecule has 3 aromatic carbocycles. The maximum absolute atomic E-state index is 15.6. The van der Waals surface area contributed by atoms with Gasteiger partial charge in [0.25, 0.3) is 5.91 Å². The Morgan fingerprint density at radius 3 is 2.27 bits per heavy atom. The summed E-state index contributed by atoms with van der Waals surface area (Å²) in [6.07, 6.45) is 0. The SMILES string of the molecule is CC(C)(F)[C@H](c1cc(F)cc(C(=O)NN)c1)C1CN([C@@H](c2ccc(C#N)cc2)c2cccc(C#N)c2)C1. The summed E-state index contributed by atoms with van der Waals surface area (Å²) < 4.78 is 30.0. The number of hydrogen-bond donors (Lipinski definition) is 2. The summed E-state index contributed by atoms with van der Waals surface area (Å²) in [5.41, 5.74) is 3.66. The molecule has 1 saturated heterocycles. The van der Waals surface area contributed by atoms with E-state index in [1.165, 1.54) is 26.0 Å². The van der Waals surface area contributed by atoms with E-state index in [1.54, 1.807) is 18.2 Å². The zero-order chi connectivity index (χ0) is 26.7. The summed E-state index contributed by atoms with van der Waals surface area (Å²) >= 11 is 0. The van der Waals surface area contributed by atoms with Crippen molar-refractivity contribution in [2.75, 3.05) is 13.1 Å². The highest BCUT2D eigenvalue weighted by molar-refractivity contribution is 5.94. The number of nitrogens with zero attached hydrogens (tertiary/aromatic N) is 3. The van der Waals surface area contributed by atoms with Gasteiger partial charge in [-0.15, -0.1) is 0 Å². The lowest BCUT2D eigenvalue weighted by Gasteiger charge is -2.50. The number of carbonyl (C=O) groups is 1. The molecule has 0 aromatic heterocycles. The van der Waals surface area contributed by atoms with Gasteiger partial charge in [0.05, 0.1) is 29.3 Å². The number of hydrazine groups is 1. The lowest BCUT2D eigenvalue weighted by molar-refractivity contribution is 0.00809. The second kappa shape index (κ2) is 10.5. The molecule has 3 N–H and O–H groups in total. The molecule has 3 aromatic rings. The number of benzene rings is 3. The third-order valence-electron chi connectivity index (χ3n) is 6.87. The predicted octanol–water partition coefficient (Wildman–Crippen LogP) is 4.73. The fraction of sp³-hybridized carbons (Fsp3) is 0.276. The Hall–Kier alpha value is -4.11. The van der Waals surface area contributed by atoms with Crippen LogP contribution in [0.2, 0.25) is 0 Å². The van der Waals surface area contributed by atoms with Crippen LogP contribution in [0.1, 0.15) is 64.0 Å². The van der Waals surface area contributed by atoms with Gasteiger partial charge in [-0.2, -0.15) is 10.5 Å². The molecule has 1 fully saturated rings. The second-order valence-corrected chi connectivity index (χ2v) is 9.88. The zero-order valence-corrected chi connectivity index (χ0v) is 20.6. The number of carbonyl (C=O) groups excluding carboxylic acids is 1. The third-order valence-corrected chi connectivity index (χ3v) is 6.87. The van der Waals surface area contributed by atoms with Crippen molar-refractivity contribution < 1.29 is 13.6 Å². The molecule has 2 atom stereocenters. The predicted molar refractivity (Wildman–Crippen MR) is 135 cm³/mol. The number of likely N-dealkylation sites (tertiary alicyclic amines) is 1. The number of alkyl halides is 1. The minimum atomic E-state index is -1.69. The number of nitrogen functional groups attached to an aromatic ring is 1. The monoisotopic (exact) mass is 499 g/mol. The van der Waals surface area contributed by atoms with Crippen LogP contribution < -0.4 is 11.3 Å². The van der Waals surface area contributed by atoms with Gasteiger partial charge in [-0.1, -0.05) is 24.3 Å². The van der Waals surface area contributed by atoms with Gasteiger partial charge >= 0.3 is 0 Å². The van der Waals surface area contributed by atoms with Crippen molar-refractivity contribution in [1.29, 1.82) is 10.5 Å². The average Bonchev–Trinajstić information content (AvgIpc) is 2.86. The van der Waals surface area contributed by atoms with Gasteiger partial charge in [-0.05, 0) is 78.9 Å². The van der Waals surface area contributed by atoms with Crippen molar-refractivity contribution in [3.8, 4) is 12.1 Å². The van der Waals surface area contributed by atoms with E-state index in [0.717, 1.165) is 17.2 Å². The fourth-order valence-corrected chi connectivity index (χ4v) is 5.34. The van der Waals surface area contributed by atoms with Crippen molar-refractivity contribution in [1.82, 2.24) is 10.3 Å². The first-order valence-electron chi connectivity index (χ1n) is 11.9. The van der Waals surface area contributed by atoms with E-state index in [-0.39, 0.29) is 17.5 Å². The van der Waals surface area contributed by atoms with Gasteiger partial charge < -0.3 is 0 Å². The number of nitrogens with two attached hydrogens (primary N) is 1. The first-order valence-corrected chi connectivity index (χ1v) is 11.9. The quantitative estimate of drug-likeness (QED) is 0.278. The average molecular weight is 500 g/mol. The van der Waals surface area contributed by atoms with Crippen molar-refractivity contribution in [3.05, 3.63) is 106 Å². The molecule has 188 valence electrons. The van der Waals surface area contributed by atoms with Crippen LogP contribution in [0, 0.1) is 34.4 Å².